The second-order valence-electron chi connectivity index (χ2n) is 6.64. The van der Waals surface area contributed by atoms with Crippen molar-refractivity contribution in [2.24, 2.45) is 0 Å². The number of benzene rings is 2. The molecule has 2 aromatic carbocycles. The van der Waals surface area contributed by atoms with E-state index in [0.29, 0.717) is 6.54 Å². The van der Waals surface area contributed by atoms with Crippen molar-refractivity contribution in [3.8, 4) is 0 Å². The molecule has 7 nitrogen and oxygen atoms in total. The number of nitrogens with zero attached hydrogens (tertiary/aromatic N) is 2. The maximum Gasteiger partial charge on any atom is 0.509 e. The molecule has 0 fully saturated rings. The molecular weight excluding hydrogens is 410 g/mol. The van der Waals surface area contributed by atoms with Crippen molar-refractivity contribution in [3.63, 3.8) is 0 Å². The zero-order valence-corrected chi connectivity index (χ0v) is 16.4. The first-order chi connectivity index (χ1) is 13.7. The summed E-state index contributed by atoms with van der Waals surface area (Å²) in [5.41, 5.74) is 0.564. The van der Waals surface area contributed by atoms with E-state index < -0.39 is 22.7 Å². The molecule has 29 heavy (non-hydrogen) atoms. The number of nitro groups is 1. The molecule has 0 N–H and O–H groups in total. The van der Waals surface area contributed by atoms with Gasteiger partial charge in [-0.05, 0) is 24.3 Å². The third-order valence-electron chi connectivity index (χ3n) is 4.34. The molecule has 0 aliphatic rings. The Morgan fingerprint density at radius 2 is 1.72 bits per heavy atom. The largest absolute Gasteiger partial charge is 0.509 e. The fourth-order valence-corrected chi connectivity index (χ4v) is 2.97. The van der Waals surface area contributed by atoms with Crippen LogP contribution in [0.2, 0.25) is 0 Å². The van der Waals surface area contributed by atoms with Crippen LogP contribution in [-0.2, 0) is 22.6 Å². The molecule has 0 aliphatic heterocycles. The predicted molar refractivity (Wildman–Crippen MR) is 101 cm³/mol. The van der Waals surface area contributed by atoms with Crippen LogP contribution in [0.1, 0.15) is 11.1 Å². The number of alkyl halides is 1. The number of halogens is 3. The molecule has 2 rings (SSSR count). The van der Waals surface area contributed by atoms with E-state index in [1.807, 2.05) is 0 Å². The van der Waals surface area contributed by atoms with Gasteiger partial charge in [-0.15, -0.1) is 0 Å². The number of hydrogen-bond donors (Lipinski definition) is 0. The summed E-state index contributed by atoms with van der Waals surface area (Å²) in [4.78, 5) is 21.6. The summed E-state index contributed by atoms with van der Waals surface area (Å²) < 4.78 is 37.8. The topological polar surface area (TPSA) is 78.7 Å². The molecule has 0 aromatic heterocycles. The summed E-state index contributed by atoms with van der Waals surface area (Å²) >= 11 is 5.29. The van der Waals surface area contributed by atoms with E-state index in [-0.39, 0.29) is 41.5 Å². The fourth-order valence-electron chi connectivity index (χ4n) is 2.88. The van der Waals surface area contributed by atoms with Crippen LogP contribution in [0.15, 0.2) is 42.5 Å². The molecule has 0 radical (unpaired) electrons. The maximum atomic E-state index is 14.2. The van der Waals surface area contributed by atoms with Crippen molar-refractivity contribution in [2.45, 2.75) is 13.1 Å². The van der Waals surface area contributed by atoms with Gasteiger partial charge in [0.2, 0.25) is 0 Å². The van der Waals surface area contributed by atoms with Crippen molar-refractivity contribution in [1.29, 1.82) is 0 Å². The standard InChI is InChI=1S/C19H20ClF2N2O5/c1-24(9-10-28-19(25)29-13-20,12-16-17(21)3-2-4-18(16)22)11-14-5-7-15(8-6-14)23(26)27/h2-8H,9-13H2,1H3/q+1. The molecule has 10 heteroatoms. The van der Waals surface area contributed by atoms with Crippen LogP contribution < -0.4 is 0 Å². The summed E-state index contributed by atoms with van der Waals surface area (Å²) in [6.45, 7) is 0.403. The molecule has 0 saturated carbocycles. The highest BCUT2D eigenvalue weighted by atomic mass is 35.5. The number of quaternary nitrogens is 1. The number of non-ortho nitro benzene ring substituents is 1. The lowest BCUT2D eigenvalue weighted by atomic mass is 10.1. The van der Waals surface area contributed by atoms with Gasteiger partial charge in [0.05, 0.1) is 17.5 Å². The molecule has 0 saturated heterocycles. The van der Waals surface area contributed by atoms with Gasteiger partial charge >= 0.3 is 6.16 Å². The average molecular weight is 430 g/mol. The minimum absolute atomic E-state index is 0.0244. The molecular formula is C19H20ClF2N2O5+. The smallest absolute Gasteiger partial charge is 0.428 e. The lowest BCUT2D eigenvalue weighted by Crippen LogP contribution is -2.45. The molecule has 1 unspecified atom stereocenters. The highest BCUT2D eigenvalue weighted by Crippen LogP contribution is 2.22. The van der Waals surface area contributed by atoms with Crippen molar-refractivity contribution < 1.29 is 32.5 Å². The Bertz CT molecular complexity index is 846. The zero-order valence-electron chi connectivity index (χ0n) is 15.6. The van der Waals surface area contributed by atoms with Gasteiger partial charge in [-0.25, -0.2) is 13.6 Å². The quantitative estimate of drug-likeness (QED) is 0.194. The predicted octanol–water partition coefficient (Wildman–Crippen LogP) is 4.37. The van der Waals surface area contributed by atoms with Gasteiger partial charge < -0.3 is 14.0 Å². The lowest BCUT2D eigenvalue weighted by molar-refractivity contribution is -0.935. The van der Waals surface area contributed by atoms with Crippen molar-refractivity contribution in [2.75, 3.05) is 26.3 Å². The van der Waals surface area contributed by atoms with Crippen molar-refractivity contribution in [3.05, 3.63) is 75.3 Å². The van der Waals surface area contributed by atoms with Crippen molar-refractivity contribution >= 4 is 23.4 Å². The summed E-state index contributed by atoms with van der Waals surface area (Å²) in [5.74, 6) is -1.36. The van der Waals surface area contributed by atoms with Crippen LogP contribution in [0.4, 0.5) is 19.3 Å². The Morgan fingerprint density at radius 3 is 2.28 bits per heavy atom. The number of rotatable bonds is 9. The lowest BCUT2D eigenvalue weighted by Gasteiger charge is -2.34. The Morgan fingerprint density at radius 1 is 1.10 bits per heavy atom. The van der Waals surface area contributed by atoms with Gasteiger partial charge in [-0.2, -0.15) is 0 Å². The van der Waals surface area contributed by atoms with E-state index >= 15 is 0 Å². The Hall–Kier alpha value is -2.78. The van der Waals surface area contributed by atoms with Gasteiger partial charge in [0.25, 0.3) is 5.69 Å². The van der Waals surface area contributed by atoms with Gasteiger partial charge in [0, 0.05) is 17.7 Å². The second kappa shape index (κ2) is 10.1. The summed E-state index contributed by atoms with van der Waals surface area (Å²) in [6.07, 6.45) is -0.945. The van der Waals surface area contributed by atoms with Crippen LogP contribution in [0, 0.1) is 21.7 Å². The van der Waals surface area contributed by atoms with Gasteiger partial charge in [-0.3, -0.25) is 10.1 Å². The summed E-state index contributed by atoms with van der Waals surface area (Å²) in [5, 5.41) is 10.8. The first-order valence-corrected chi connectivity index (χ1v) is 9.13. The number of ether oxygens (including phenoxy) is 2. The van der Waals surface area contributed by atoms with Crippen LogP contribution >= 0.6 is 11.6 Å². The number of likely N-dealkylation sites (N-methyl/N-ethyl adjacent to an activating group) is 1. The Kier molecular flexibility index (Phi) is 7.86. The summed E-state index contributed by atoms with van der Waals surface area (Å²) in [7, 11) is 1.74. The van der Waals surface area contributed by atoms with Crippen LogP contribution in [0.25, 0.3) is 0 Å². The average Bonchev–Trinajstić information content (AvgIpc) is 2.65. The second-order valence-corrected chi connectivity index (χ2v) is 6.85. The highest BCUT2D eigenvalue weighted by Gasteiger charge is 2.27. The van der Waals surface area contributed by atoms with Crippen LogP contribution in [0.3, 0.4) is 0 Å². The molecule has 0 heterocycles. The number of nitro benzene ring substituents is 1. The molecule has 156 valence electrons. The number of hydrogen-bond acceptors (Lipinski definition) is 5. The van der Waals surface area contributed by atoms with Gasteiger partial charge in [0.15, 0.2) is 6.07 Å². The zero-order chi connectivity index (χ0) is 21.4. The molecule has 1 atom stereocenters. The van der Waals surface area contributed by atoms with Crippen molar-refractivity contribution in [1.82, 2.24) is 0 Å². The first-order valence-electron chi connectivity index (χ1n) is 8.59. The molecule has 0 amide bonds. The Balaban J connectivity index is 2.21. The monoisotopic (exact) mass is 429 g/mol. The highest BCUT2D eigenvalue weighted by molar-refractivity contribution is 6.17. The van der Waals surface area contributed by atoms with Gasteiger partial charge in [-0.1, -0.05) is 17.7 Å². The third kappa shape index (κ3) is 6.65. The van der Waals surface area contributed by atoms with E-state index in [4.69, 9.17) is 16.3 Å². The van der Waals surface area contributed by atoms with Crippen LogP contribution in [0.5, 0.6) is 0 Å². The number of carbonyl (C=O) groups excluding carboxylic acids is 1. The van der Waals surface area contributed by atoms with Crippen LogP contribution in [-0.4, -0.2) is 41.8 Å². The molecule has 0 aliphatic carbocycles. The van der Waals surface area contributed by atoms with Gasteiger partial charge in [0.1, 0.15) is 37.9 Å². The Labute approximate surface area is 171 Å². The van der Waals surface area contributed by atoms with E-state index in [1.165, 1.54) is 30.3 Å². The molecule has 0 bridgehead atoms. The minimum atomic E-state index is -0.945. The SMILES string of the molecule is C[N+](CCOC(=O)OCCl)(Cc1ccc([N+](=O)[O-])cc1)Cc1c(F)cccc1F. The number of carbonyl (C=O) groups is 1. The minimum Gasteiger partial charge on any atom is -0.428 e. The summed E-state index contributed by atoms with van der Waals surface area (Å²) in [6, 6.07) is 9.14. The maximum absolute atomic E-state index is 14.2. The molecule has 0 spiro atoms. The van der Waals surface area contributed by atoms with E-state index in [2.05, 4.69) is 4.74 Å². The third-order valence-corrected chi connectivity index (χ3v) is 4.45. The molecule has 2 aromatic rings. The fraction of sp³-hybridized carbons (Fsp3) is 0.316. The normalized spacial score (nSPS) is 12.8. The first kappa shape index (κ1) is 22.5. The van der Waals surface area contributed by atoms with E-state index in [1.54, 1.807) is 19.2 Å². The van der Waals surface area contributed by atoms with E-state index in [9.17, 15) is 23.7 Å². The van der Waals surface area contributed by atoms with E-state index in [0.717, 1.165) is 5.56 Å².